The second kappa shape index (κ2) is 3.65. The first kappa shape index (κ1) is 7.94. The molecule has 2 rings (SSSR count). The van der Waals surface area contributed by atoms with Gasteiger partial charge in [0, 0.05) is 9.50 Å². The van der Waals surface area contributed by atoms with Crippen molar-refractivity contribution in [2.45, 2.75) is 41.0 Å². The minimum atomic E-state index is -2.13. The van der Waals surface area contributed by atoms with Gasteiger partial charge in [-0.05, 0) is 48.9 Å². The summed E-state index contributed by atoms with van der Waals surface area (Å²) in [6, 6.07) is 5.84. The third-order valence-corrected chi connectivity index (χ3v) is 2.66. The quantitative estimate of drug-likeness (QED) is 0.681. The predicted molar refractivity (Wildman–Crippen MR) is 68.8 cm³/mol. The molecule has 0 N–H and O–H groups in total. The molecule has 2 aromatic rings. The number of hydrogen-bond acceptors (Lipinski definition) is 1. The summed E-state index contributed by atoms with van der Waals surface area (Å²) in [5.41, 5.74) is 2.32. The third kappa shape index (κ3) is 2.13. The molecule has 0 spiro atoms. The van der Waals surface area contributed by atoms with Crippen molar-refractivity contribution in [1.29, 1.82) is 0 Å². The number of rotatable bonds is 1. The minimum Gasteiger partial charge on any atom is -0.461 e. The van der Waals surface area contributed by atoms with E-state index in [9.17, 15) is 0 Å². The molecule has 1 nitrogen and oxygen atoms in total. The minimum absolute atomic E-state index is 0.173. The summed E-state index contributed by atoms with van der Waals surface area (Å²) in [6.45, 7) is 6.09. The summed E-state index contributed by atoms with van der Waals surface area (Å²) in [5.74, 6) is 0.489. The smallest absolute Gasteiger partial charge is 0.134 e. The Morgan fingerprint density at radius 2 is 2.06 bits per heavy atom. The zero-order chi connectivity index (χ0) is 14.4. The highest BCUT2D eigenvalue weighted by Gasteiger charge is 2.13. The van der Waals surface area contributed by atoms with Crippen LogP contribution in [-0.2, 0) is 6.42 Å². The highest BCUT2D eigenvalue weighted by atomic mass is 16.3. The molecule has 0 radical (unpaired) electrons. The Bertz CT molecular complexity index is 600. The van der Waals surface area contributed by atoms with Crippen LogP contribution >= 0.6 is 0 Å². The molecule has 0 atom stereocenters. The molecule has 0 unspecified atom stereocenters. The summed E-state index contributed by atoms with van der Waals surface area (Å²) in [4.78, 5) is 0. The molecule has 1 heterocycles. The molecule has 0 fully saturated rings. The Morgan fingerprint density at radius 3 is 2.69 bits per heavy atom. The van der Waals surface area contributed by atoms with Crippen LogP contribution in [0.15, 0.2) is 22.6 Å². The fraction of sp³-hybridized carbons (Fsp3) is 0.467. The van der Waals surface area contributed by atoms with Crippen LogP contribution < -0.4 is 0 Å². The number of furan rings is 1. The van der Waals surface area contributed by atoms with Crippen molar-refractivity contribution >= 4 is 11.0 Å². The van der Waals surface area contributed by atoms with E-state index in [1.807, 2.05) is 18.2 Å². The van der Waals surface area contributed by atoms with Crippen LogP contribution in [0.2, 0.25) is 0 Å². The van der Waals surface area contributed by atoms with E-state index >= 15 is 0 Å². The average Bonchev–Trinajstić information content (AvgIpc) is 2.49. The van der Waals surface area contributed by atoms with Gasteiger partial charge in [-0.3, -0.25) is 0 Å². The van der Waals surface area contributed by atoms with E-state index in [1.165, 1.54) is 0 Å². The predicted octanol–water partition coefficient (Wildman–Crippen LogP) is 4.64. The Morgan fingerprint density at radius 1 is 1.31 bits per heavy atom. The van der Waals surface area contributed by atoms with Gasteiger partial charge in [0.25, 0.3) is 0 Å². The summed E-state index contributed by atoms with van der Waals surface area (Å²) >= 11 is 0. The van der Waals surface area contributed by atoms with E-state index in [4.69, 9.17) is 8.53 Å². The second-order valence-corrected chi connectivity index (χ2v) is 5.60. The van der Waals surface area contributed by atoms with Crippen molar-refractivity contribution in [2.75, 3.05) is 0 Å². The monoisotopic (exact) mass is 219 g/mol. The Balaban J connectivity index is 2.58. The topological polar surface area (TPSA) is 13.1 Å². The van der Waals surface area contributed by atoms with E-state index in [2.05, 4.69) is 20.8 Å². The van der Waals surface area contributed by atoms with Crippen LogP contribution in [0, 0.1) is 19.2 Å². The summed E-state index contributed by atoms with van der Waals surface area (Å²) in [5, 5.41) is 0.722. The van der Waals surface area contributed by atoms with Gasteiger partial charge in [-0.25, -0.2) is 0 Å². The van der Waals surface area contributed by atoms with Crippen LogP contribution in [0.4, 0.5) is 0 Å². The van der Waals surface area contributed by atoms with Gasteiger partial charge >= 0.3 is 0 Å². The highest BCUT2D eigenvalue weighted by molar-refractivity contribution is 5.82. The van der Waals surface area contributed by atoms with Crippen molar-refractivity contribution in [3.05, 3.63) is 35.1 Å². The first-order valence-corrected chi connectivity index (χ1v) is 5.60. The maximum atomic E-state index is 7.64. The van der Waals surface area contributed by atoms with Crippen molar-refractivity contribution in [2.24, 2.45) is 5.41 Å². The molecular formula is C15H20O. The number of benzene rings is 1. The van der Waals surface area contributed by atoms with Gasteiger partial charge in [-0.2, -0.15) is 0 Å². The number of hydrogen-bond donors (Lipinski definition) is 0. The van der Waals surface area contributed by atoms with E-state index in [-0.39, 0.29) is 5.41 Å². The van der Waals surface area contributed by atoms with Gasteiger partial charge in [-0.15, -0.1) is 0 Å². The van der Waals surface area contributed by atoms with Crippen LogP contribution in [0.1, 0.15) is 41.8 Å². The van der Waals surface area contributed by atoms with Crippen LogP contribution in [0.25, 0.3) is 11.0 Å². The lowest BCUT2D eigenvalue weighted by Crippen LogP contribution is -2.08. The fourth-order valence-corrected chi connectivity index (χ4v) is 1.99. The first-order valence-electron chi connectivity index (χ1n) is 7.10. The SMILES string of the molecule is [2H]C([2H])([2H])c1c(C)oc2ccc(CC(C)(C)C)cc12. The fourth-order valence-electron chi connectivity index (χ4n) is 1.99. The van der Waals surface area contributed by atoms with Crippen molar-refractivity contribution < 1.29 is 8.53 Å². The zero-order valence-corrected chi connectivity index (χ0v) is 10.3. The molecule has 86 valence electrons. The number of aryl methyl sites for hydroxylation is 2. The van der Waals surface area contributed by atoms with Gasteiger partial charge in [-0.1, -0.05) is 26.8 Å². The Labute approximate surface area is 102 Å². The van der Waals surface area contributed by atoms with Gasteiger partial charge in [0.1, 0.15) is 11.3 Å². The maximum absolute atomic E-state index is 7.64. The normalized spacial score (nSPS) is 15.9. The lowest BCUT2D eigenvalue weighted by atomic mass is 9.88. The molecule has 0 saturated heterocycles. The van der Waals surface area contributed by atoms with E-state index in [1.54, 1.807) is 6.92 Å². The maximum Gasteiger partial charge on any atom is 0.134 e. The van der Waals surface area contributed by atoms with E-state index < -0.39 is 6.85 Å². The molecular weight excluding hydrogens is 196 g/mol. The lowest BCUT2D eigenvalue weighted by Gasteiger charge is -2.17. The van der Waals surface area contributed by atoms with Gasteiger partial charge < -0.3 is 4.42 Å². The van der Waals surface area contributed by atoms with Gasteiger partial charge in [0.15, 0.2) is 0 Å². The molecule has 0 aliphatic carbocycles. The van der Waals surface area contributed by atoms with Gasteiger partial charge in [0.2, 0.25) is 0 Å². The Kier molecular flexibility index (Phi) is 1.81. The average molecular weight is 219 g/mol. The summed E-state index contributed by atoms with van der Waals surface area (Å²) in [6.07, 6.45) is 0.910. The zero-order valence-electron chi connectivity index (χ0n) is 13.3. The molecule has 1 heteroatoms. The van der Waals surface area contributed by atoms with E-state index in [0.717, 1.165) is 17.4 Å². The van der Waals surface area contributed by atoms with Crippen molar-refractivity contribution in [1.82, 2.24) is 0 Å². The van der Waals surface area contributed by atoms with Crippen molar-refractivity contribution in [3.63, 3.8) is 0 Å². The first-order chi connectivity index (χ1) is 8.58. The standard InChI is InChI=1S/C15H20O/c1-10-11(2)16-14-7-6-12(8-13(10)14)9-15(3,4)5/h6-8H,9H2,1-5H3/i1D3. The molecule has 1 aromatic carbocycles. The molecule has 0 amide bonds. The molecule has 0 saturated carbocycles. The Hall–Kier alpha value is -1.24. The molecule has 0 aliphatic rings. The van der Waals surface area contributed by atoms with Crippen LogP contribution in [0.3, 0.4) is 0 Å². The molecule has 1 aromatic heterocycles. The summed E-state index contributed by atoms with van der Waals surface area (Å²) < 4.78 is 28.5. The van der Waals surface area contributed by atoms with Crippen molar-refractivity contribution in [3.8, 4) is 0 Å². The molecule has 0 bridgehead atoms. The van der Waals surface area contributed by atoms with E-state index in [0.29, 0.717) is 16.9 Å². The second-order valence-electron chi connectivity index (χ2n) is 5.60. The van der Waals surface area contributed by atoms with Crippen LogP contribution in [-0.4, -0.2) is 0 Å². The molecule has 16 heavy (non-hydrogen) atoms. The van der Waals surface area contributed by atoms with Gasteiger partial charge in [0.05, 0.1) is 0 Å². The summed E-state index contributed by atoms with van der Waals surface area (Å²) in [7, 11) is 0. The third-order valence-electron chi connectivity index (χ3n) is 2.66. The highest BCUT2D eigenvalue weighted by Crippen LogP contribution is 2.28. The number of fused-ring (bicyclic) bond motifs is 1. The molecule has 0 aliphatic heterocycles. The van der Waals surface area contributed by atoms with Crippen LogP contribution in [0.5, 0.6) is 0 Å². The largest absolute Gasteiger partial charge is 0.461 e. The lowest BCUT2D eigenvalue weighted by molar-refractivity contribution is 0.411.